The first-order valence-corrected chi connectivity index (χ1v) is 24.9. The Balaban J connectivity index is 4.52. The van der Waals surface area contributed by atoms with Crippen LogP contribution in [0.1, 0.15) is 207 Å². The second-order valence-electron chi connectivity index (χ2n) is 16.0. The van der Waals surface area contributed by atoms with Crippen LogP contribution in [0.4, 0.5) is 0 Å². The first kappa shape index (κ1) is 58.1. The lowest BCUT2D eigenvalue weighted by molar-refractivity contribution is -0.167. The molecule has 1 unspecified atom stereocenters. The van der Waals surface area contributed by atoms with Crippen LogP contribution in [0.2, 0.25) is 0 Å². The van der Waals surface area contributed by atoms with Crippen LogP contribution in [0.5, 0.6) is 0 Å². The zero-order chi connectivity index (χ0) is 45.1. The van der Waals surface area contributed by atoms with E-state index in [1.54, 1.807) is 0 Å². The highest BCUT2D eigenvalue weighted by atomic mass is 16.6. The molecule has 0 aromatic carbocycles. The van der Waals surface area contributed by atoms with E-state index in [2.05, 4.69) is 130 Å². The van der Waals surface area contributed by atoms with E-state index < -0.39 is 6.10 Å². The molecule has 0 heterocycles. The number of esters is 3. The highest BCUT2D eigenvalue weighted by Gasteiger charge is 2.19. The molecule has 0 amide bonds. The smallest absolute Gasteiger partial charge is 0.306 e. The van der Waals surface area contributed by atoms with Crippen LogP contribution in [0.3, 0.4) is 0 Å². The average Bonchev–Trinajstić information content (AvgIpc) is 3.27. The van der Waals surface area contributed by atoms with Crippen molar-refractivity contribution >= 4 is 17.9 Å². The molecule has 0 rings (SSSR count). The largest absolute Gasteiger partial charge is 0.462 e. The van der Waals surface area contributed by atoms with E-state index in [9.17, 15) is 14.4 Å². The summed E-state index contributed by atoms with van der Waals surface area (Å²) in [6.45, 7) is 6.31. The fourth-order valence-corrected chi connectivity index (χ4v) is 6.35. The highest BCUT2D eigenvalue weighted by molar-refractivity contribution is 5.71. The molecule has 0 fully saturated rings. The Morgan fingerprint density at radius 1 is 0.339 bits per heavy atom. The van der Waals surface area contributed by atoms with Gasteiger partial charge in [0, 0.05) is 19.3 Å². The molecule has 1 atom stereocenters. The molecule has 0 saturated carbocycles. The van der Waals surface area contributed by atoms with Crippen LogP contribution >= 0.6 is 0 Å². The van der Waals surface area contributed by atoms with Gasteiger partial charge in [0.05, 0.1) is 0 Å². The molecule has 0 bridgehead atoms. The van der Waals surface area contributed by atoms with Gasteiger partial charge in [0.15, 0.2) is 6.10 Å². The van der Waals surface area contributed by atoms with Crippen molar-refractivity contribution in [2.24, 2.45) is 0 Å². The fourth-order valence-electron chi connectivity index (χ4n) is 6.35. The zero-order valence-corrected chi connectivity index (χ0v) is 39.8. The van der Waals surface area contributed by atoms with Gasteiger partial charge in [-0.2, -0.15) is 0 Å². The molecule has 0 aromatic heterocycles. The minimum Gasteiger partial charge on any atom is -0.462 e. The SMILES string of the molecule is CC/C=C\C/C=C\C/C=C\C/C=C\C/C=C\CCCC(=O)OCC(COC(=O)CCCCCCCCCCCC)OC(=O)CCCCCC/C=C\C/C=C\C/C=C\C/C=C\CC. The van der Waals surface area contributed by atoms with Crippen molar-refractivity contribution < 1.29 is 28.6 Å². The van der Waals surface area contributed by atoms with Crippen LogP contribution in [-0.4, -0.2) is 37.2 Å². The standard InChI is InChI=1S/C56H90O6/c1-4-7-10-13-16-19-22-24-26-28-30-32-34-37-40-43-46-49-55(58)61-52-53(51-60-54(57)48-45-42-39-36-21-18-15-12-9-6-3)62-56(59)50-47-44-41-38-35-33-31-29-27-25-23-20-17-14-11-8-5-2/h7-8,10-11,16-17,19-20,24-27,30-33,37,40,53H,4-6,9,12-15,18,21-23,28-29,34-36,38-39,41-52H2,1-3H3/b10-7-,11-8-,19-16-,20-17-,26-24-,27-25-,32-30-,33-31-,40-37-. The highest BCUT2D eigenvalue weighted by Crippen LogP contribution is 2.13. The second kappa shape index (κ2) is 49.7. The normalized spacial score (nSPS) is 13.0. The van der Waals surface area contributed by atoms with Gasteiger partial charge < -0.3 is 14.2 Å². The zero-order valence-electron chi connectivity index (χ0n) is 39.8. The maximum Gasteiger partial charge on any atom is 0.306 e. The first-order valence-electron chi connectivity index (χ1n) is 24.9. The van der Waals surface area contributed by atoms with Gasteiger partial charge in [-0.3, -0.25) is 14.4 Å². The number of hydrogen-bond donors (Lipinski definition) is 0. The Bertz CT molecular complexity index is 1310. The minimum absolute atomic E-state index is 0.107. The van der Waals surface area contributed by atoms with E-state index in [1.807, 2.05) is 0 Å². The van der Waals surface area contributed by atoms with Crippen LogP contribution in [-0.2, 0) is 28.6 Å². The van der Waals surface area contributed by atoms with E-state index in [-0.39, 0.29) is 44.0 Å². The molecule has 6 nitrogen and oxygen atoms in total. The van der Waals surface area contributed by atoms with E-state index in [4.69, 9.17) is 14.2 Å². The maximum atomic E-state index is 12.8. The minimum atomic E-state index is -0.813. The summed E-state index contributed by atoms with van der Waals surface area (Å²) in [4.78, 5) is 37.9. The van der Waals surface area contributed by atoms with Crippen molar-refractivity contribution in [2.75, 3.05) is 13.2 Å². The summed E-state index contributed by atoms with van der Waals surface area (Å²) in [6.07, 6.45) is 66.5. The van der Waals surface area contributed by atoms with Crippen LogP contribution in [0, 0.1) is 0 Å². The number of carbonyl (C=O) groups is 3. The van der Waals surface area contributed by atoms with Gasteiger partial charge in [-0.25, -0.2) is 0 Å². The van der Waals surface area contributed by atoms with E-state index in [0.29, 0.717) is 12.8 Å². The molecule has 0 aromatic rings. The summed E-state index contributed by atoms with van der Waals surface area (Å²) < 4.78 is 16.7. The lowest BCUT2D eigenvalue weighted by Gasteiger charge is -2.18. The number of allylic oxidation sites excluding steroid dienone is 18. The molecule has 62 heavy (non-hydrogen) atoms. The van der Waals surface area contributed by atoms with Crippen LogP contribution < -0.4 is 0 Å². The fraction of sp³-hybridized carbons (Fsp3) is 0.625. The van der Waals surface area contributed by atoms with Crippen LogP contribution in [0.15, 0.2) is 109 Å². The molecule has 0 spiro atoms. The van der Waals surface area contributed by atoms with Crippen molar-refractivity contribution in [3.05, 3.63) is 109 Å². The third-order valence-corrected chi connectivity index (χ3v) is 10.0. The van der Waals surface area contributed by atoms with Crippen molar-refractivity contribution in [1.82, 2.24) is 0 Å². The quantitative estimate of drug-likeness (QED) is 0.0263. The molecular weight excluding hydrogens is 769 g/mol. The number of hydrogen-bond acceptors (Lipinski definition) is 6. The molecule has 6 heteroatoms. The first-order chi connectivity index (χ1) is 30.5. The Labute approximate surface area is 380 Å². The van der Waals surface area contributed by atoms with Gasteiger partial charge in [0.25, 0.3) is 0 Å². The maximum absolute atomic E-state index is 12.8. The van der Waals surface area contributed by atoms with Crippen molar-refractivity contribution in [2.45, 2.75) is 213 Å². The van der Waals surface area contributed by atoms with E-state index in [0.717, 1.165) is 116 Å². The van der Waals surface area contributed by atoms with Crippen molar-refractivity contribution in [3.63, 3.8) is 0 Å². The summed E-state index contributed by atoms with van der Waals surface area (Å²) in [5, 5.41) is 0. The van der Waals surface area contributed by atoms with Gasteiger partial charge in [-0.15, -0.1) is 0 Å². The number of ether oxygens (including phenoxy) is 3. The van der Waals surface area contributed by atoms with Gasteiger partial charge in [0.1, 0.15) is 13.2 Å². The number of unbranched alkanes of at least 4 members (excludes halogenated alkanes) is 14. The van der Waals surface area contributed by atoms with Gasteiger partial charge in [-0.1, -0.05) is 201 Å². The summed E-state index contributed by atoms with van der Waals surface area (Å²) in [5.41, 5.74) is 0. The van der Waals surface area contributed by atoms with E-state index in [1.165, 1.54) is 44.9 Å². The molecule has 350 valence electrons. The third-order valence-electron chi connectivity index (χ3n) is 10.0. The average molecular weight is 859 g/mol. The number of rotatable bonds is 43. The third kappa shape index (κ3) is 47.1. The Morgan fingerprint density at radius 3 is 1.05 bits per heavy atom. The monoisotopic (exact) mass is 859 g/mol. The predicted molar refractivity (Wildman–Crippen MR) is 265 cm³/mol. The van der Waals surface area contributed by atoms with Crippen molar-refractivity contribution in [3.8, 4) is 0 Å². The predicted octanol–water partition coefficient (Wildman–Crippen LogP) is 16.4. The van der Waals surface area contributed by atoms with E-state index >= 15 is 0 Å². The number of carbonyl (C=O) groups excluding carboxylic acids is 3. The topological polar surface area (TPSA) is 78.9 Å². The van der Waals surface area contributed by atoms with Gasteiger partial charge in [0.2, 0.25) is 0 Å². The molecule has 0 N–H and O–H groups in total. The molecule has 0 saturated heterocycles. The second-order valence-corrected chi connectivity index (χ2v) is 16.0. The Morgan fingerprint density at radius 2 is 0.645 bits per heavy atom. The summed E-state index contributed by atoms with van der Waals surface area (Å²) in [6, 6.07) is 0. The lowest BCUT2D eigenvalue weighted by Crippen LogP contribution is -2.30. The molecule has 0 aliphatic heterocycles. The van der Waals surface area contributed by atoms with Crippen LogP contribution in [0.25, 0.3) is 0 Å². The van der Waals surface area contributed by atoms with Gasteiger partial charge >= 0.3 is 17.9 Å². The van der Waals surface area contributed by atoms with Gasteiger partial charge in [-0.05, 0) is 96.3 Å². The van der Waals surface area contributed by atoms with Crippen molar-refractivity contribution in [1.29, 1.82) is 0 Å². The Kier molecular flexibility index (Phi) is 46.6. The summed E-state index contributed by atoms with van der Waals surface area (Å²) in [7, 11) is 0. The summed E-state index contributed by atoms with van der Waals surface area (Å²) >= 11 is 0. The summed E-state index contributed by atoms with van der Waals surface area (Å²) in [5.74, 6) is -1.00. The molecule has 0 radical (unpaired) electrons. The lowest BCUT2D eigenvalue weighted by atomic mass is 10.1. The molecular formula is C56H90O6. The molecule has 0 aliphatic rings. The Hall–Kier alpha value is -3.93. The molecule has 0 aliphatic carbocycles.